The van der Waals surface area contributed by atoms with E-state index in [1.807, 2.05) is 0 Å². The number of rotatable bonds is 4. The van der Waals surface area contributed by atoms with Crippen molar-refractivity contribution >= 4 is 16.2 Å². The number of hydrogen-bond donors (Lipinski definition) is 1. The van der Waals surface area contributed by atoms with Crippen LogP contribution in [0.3, 0.4) is 0 Å². The van der Waals surface area contributed by atoms with E-state index in [9.17, 15) is 18.3 Å². The molecule has 0 aliphatic carbocycles. The van der Waals surface area contributed by atoms with Gasteiger partial charge in [0.2, 0.25) is 0 Å². The lowest BCUT2D eigenvalue weighted by atomic mass is 9.99. The Hall–Kier alpha value is -0.700. The van der Waals surface area contributed by atoms with Crippen molar-refractivity contribution in [1.29, 1.82) is 0 Å². The molecule has 0 amide bonds. The molecule has 21 heavy (non-hydrogen) atoms. The van der Waals surface area contributed by atoms with Crippen LogP contribution >= 0.6 is 0 Å². The van der Waals surface area contributed by atoms with E-state index < -0.39 is 16.3 Å². The average Bonchev–Trinajstić information content (AvgIpc) is 2.97. The molecule has 0 saturated carbocycles. The highest BCUT2D eigenvalue weighted by atomic mass is 32.2. The molecule has 2 aliphatic heterocycles. The van der Waals surface area contributed by atoms with E-state index in [-0.39, 0.29) is 17.8 Å². The summed E-state index contributed by atoms with van der Waals surface area (Å²) in [6, 6.07) is 0. The number of piperidine rings is 1. The van der Waals surface area contributed by atoms with Gasteiger partial charge in [-0.25, -0.2) is 0 Å². The van der Waals surface area contributed by atoms with E-state index in [1.165, 1.54) is 15.7 Å². The van der Waals surface area contributed by atoms with Gasteiger partial charge in [-0.1, -0.05) is 0 Å². The van der Waals surface area contributed by atoms with Gasteiger partial charge in [0.25, 0.3) is 10.2 Å². The van der Waals surface area contributed by atoms with Crippen LogP contribution in [0.5, 0.6) is 0 Å². The van der Waals surface area contributed by atoms with E-state index in [0.717, 1.165) is 0 Å². The first-order valence-electron chi connectivity index (χ1n) is 7.37. The highest BCUT2D eigenvalue weighted by Gasteiger charge is 2.39. The summed E-state index contributed by atoms with van der Waals surface area (Å²) in [5.41, 5.74) is 0. The minimum atomic E-state index is -3.48. The minimum Gasteiger partial charge on any atom is -0.469 e. The molecule has 122 valence electrons. The van der Waals surface area contributed by atoms with Crippen LogP contribution in [0, 0.1) is 11.8 Å². The molecule has 2 rings (SSSR count). The second-order valence-corrected chi connectivity index (χ2v) is 7.78. The van der Waals surface area contributed by atoms with Crippen molar-refractivity contribution in [2.75, 3.05) is 33.3 Å². The number of carbonyl (C=O) groups excluding carboxylic acids is 1. The molecule has 2 fully saturated rings. The molecule has 0 spiro atoms. The molecule has 2 saturated heterocycles. The maximum absolute atomic E-state index is 12.6. The summed E-state index contributed by atoms with van der Waals surface area (Å²) < 4.78 is 32.7. The third-order valence-corrected chi connectivity index (χ3v) is 6.51. The SMILES string of the molecule is COC(=O)C1CCN(S(=O)(=O)N2CCC(C(C)O)C2)CC1. The Bertz CT molecular complexity index is 471. The van der Waals surface area contributed by atoms with E-state index >= 15 is 0 Å². The van der Waals surface area contributed by atoms with Crippen LogP contribution in [0.4, 0.5) is 0 Å². The van der Waals surface area contributed by atoms with E-state index in [1.54, 1.807) is 6.92 Å². The summed E-state index contributed by atoms with van der Waals surface area (Å²) in [7, 11) is -2.13. The van der Waals surface area contributed by atoms with Gasteiger partial charge in [-0.05, 0) is 32.1 Å². The van der Waals surface area contributed by atoms with E-state index in [4.69, 9.17) is 4.74 Å². The first-order chi connectivity index (χ1) is 9.86. The topological polar surface area (TPSA) is 87.2 Å². The third-order valence-electron chi connectivity index (χ3n) is 4.51. The van der Waals surface area contributed by atoms with Crippen LogP contribution in [0.2, 0.25) is 0 Å². The van der Waals surface area contributed by atoms with E-state index in [0.29, 0.717) is 45.4 Å². The first-order valence-corrected chi connectivity index (χ1v) is 8.77. The third kappa shape index (κ3) is 3.56. The lowest BCUT2D eigenvalue weighted by molar-refractivity contribution is -0.146. The minimum absolute atomic E-state index is 0.00684. The van der Waals surface area contributed by atoms with Gasteiger partial charge in [0.05, 0.1) is 19.1 Å². The van der Waals surface area contributed by atoms with Crippen LogP contribution in [-0.2, 0) is 19.7 Å². The fourth-order valence-electron chi connectivity index (χ4n) is 3.01. The van der Waals surface area contributed by atoms with Crippen LogP contribution < -0.4 is 0 Å². The van der Waals surface area contributed by atoms with Crippen molar-refractivity contribution < 1.29 is 23.1 Å². The summed E-state index contributed by atoms with van der Waals surface area (Å²) in [6.07, 6.45) is 1.20. The molecule has 0 aromatic rings. The molecule has 2 heterocycles. The smallest absolute Gasteiger partial charge is 0.308 e. The maximum Gasteiger partial charge on any atom is 0.308 e. The molecular weight excluding hydrogens is 296 g/mol. The summed E-state index contributed by atoms with van der Waals surface area (Å²) >= 11 is 0. The van der Waals surface area contributed by atoms with Crippen molar-refractivity contribution in [2.24, 2.45) is 11.8 Å². The number of aliphatic hydroxyl groups excluding tert-OH is 1. The number of aliphatic hydroxyl groups is 1. The van der Waals surface area contributed by atoms with Gasteiger partial charge in [0, 0.05) is 26.2 Å². The van der Waals surface area contributed by atoms with Crippen molar-refractivity contribution in [3.05, 3.63) is 0 Å². The van der Waals surface area contributed by atoms with Crippen molar-refractivity contribution in [3.63, 3.8) is 0 Å². The zero-order valence-electron chi connectivity index (χ0n) is 12.6. The lowest BCUT2D eigenvalue weighted by Crippen LogP contribution is -2.47. The summed E-state index contributed by atoms with van der Waals surface area (Å²) in [4.78, 5) is 11.5. The molecule has 2 aliphatic rings. The van der Waals surface area contributed by atoms with Gasteiger partial charge in [-0.3, -0.25) is 4.79 Å². The molecule has 2 atom stereocenters. The quantitative estimate of drug-likeness (QED) is 0.726. The van der Waals surface area contributed by atoms with Gasteiger partial charge >= 0.3 is 5.97 Å². The number of nitrogens with zero attached hydrogens (tertiary/aromatic N) is 2. The highest BCUT2D eigenvalue weighted by molar-refractivity contribution is 7.86. The Kier molecular flexibility index (Phi) is 5.24. The molecule has 0 aromatic heterocycles. The monoisotopic (exact) mass is 320 g/mol. The second kappa shape index (κ2) is 6.60. The van der Waals surface area contributed by atoms with Gasteiger partial charge < -0.3 is 9.84 Å². The molecule has 1 N–H and O–H groups in total. The van der Waals surface area contributed by atoms with Crippen LogP contribution in [0.15, 0.2) is 0 Å². The molecule has 0 bridgehead atoms. The largest absolute Gasteiger partial charge is 0.469 e. The Morgan fingerprint density at radius 1 is 1.19 bits per heavy atom. The Morgan fingerprint density at radius 3 is 2.24 bits per heavy atom. The van der Waals surface area contributed by atoms with Crippen molar-refractivity contribution in [2.45, 2.75) is 32.3 Å². The lowest BCUT2D eigenvalue weighted by Gasteiger charge is -2.32. The average molecular weight is 320 g/mol. The fraction of sp³-hybridized carbons (Fsp3) is 0.923. The number of carbonyl (C=O) groups is 1. The second-order valence-electron chi connectivity index (χ2n) is 5.85. The Balaban J connectivity index is 1.95. The van der Waals surface area contributed by atoms with Crippen molar-refractivity contribution in [3.8, 4) is 0 Å². The van der Waals surface area contributed by atoms with Gasteiger partial charge in [-0.2, -0.15) is 17.0 Å². The zero-order chi connectivity index (χ0) is 15.6. The van der Waals surface area contributed by atoms with Crippen LogP contribution in [0.25, 0.3) is 0 Å². The van der Waals surface area contributed by atoms with Gasteiger partial charge in [0.15, 0.2) is 0 Å². The molecule has 7 nitrogen and oxygen atoms in total. The summed E-state index contributed by atoms with van der Waals surface area (Å²) in [5.74, 6) is -0.458. The van der Waals surface area contributed by atoms with Gasteiger partial charge in [-0.15, -0.1) is 0 Å². The number of hydrogen-bond acceptors (Lipinski definition) is 5. The predicted molar refractivity (Wildman–Crippen MR) is 76.6 cm³/mol. The number of methoxy groups -OCH3 is 1. The maximum atomic E-state index is 12.6. The fourth-order valence-corrected chi connectivity index (χ4v) is 4.72. The molecule has 0 aromatic carbocycles. The normalized spacial score (nSPS) is 27.7. The Morgan fingerprint density at radius 2 is 1.76 bits per heavy atom. The molecule has 0 radical (unpaired) electrons. The van der Waals surface area contributed by atoms with E-state index in [2.05, 4.69) is 0 Å². The van der Waals surface area contributed by atoms with Crippen molar-refractivity contribution in [1.82, 2.24) is 8.61 Å². The summed E-state index contributed by atoms with van der Waals surface area (Å²) in [5, 5.41) is 9.58. The Labute approximate surface area is 126 Å². The molecular formula is C13H24N2O5S. The van der Waals surface area contributed by atoms with Gasteiger partial charge in [0.1, 0.15) is 0 Å². The predicted octanol–water partition coefficient (Wildman–Crippen LogP) is -0.181. The number of ether oxygens (including phenoxy) is 1. The van der Waals surface area contributed by atoms with Crippen LogP contribution in [0.1, 0.15) is 26.2 Å². The first kappa shape index (κ1) is 16.7. The zero-order valence-corrected chi connectivity index (χ0v) is 13.4. The highest BCUT2D eigenvalue weighted by Crippen LogP contribution is 2.27. The molecule has 2 unspecified atom stereocenters. The molecule has 8 heteroatoms. The summed E-state index contributed by atoms with van der Waals surface area (Å²) in [6.45, 7) is 3.21. The standard InChI is InChI=1S/C13H24N2O5S/c1-10(16)12-5-8-15(9-12)21(18,19)14-6-3-11(4-7-14)13(17)20-2/h10-12,16H,3-9H2,1-2H3. The van der Waals surface area contributed by atoms with Crippen LogP contribution in [-0.4, -0.2) is 67.5 Å². The number of esters is 1.